The van der Waals surface area contributed by atoms with Crippen molar-refractivity contribution >= 4 is 46.4 Å². The number of pyridine rings is 2. The zero-order chi connectivity index (χ0) is 37.0. The molecule has 2 aliphatic heterocycles. The first-order chi connectivity index (χ1) is 25.0. The standard InChI is InChI=1S/C36H38ClN9O6/c1-46(2,22-23-9-13-39-33(23)45(49)50)16-6-8-31(47)43-14-10-26(11-15-43)44-34-24(20-40-36(42-34)41-25-7-5-12-38-21-25)17-29(35(44)48)28-18-27(51-3)19-30(52-4)32(28)37/h5-8,12-13,17-21,26H,9-11,14-16,22H2,1-4H3/p+1/b8-6+. The number of rotatable bonds is 12. The van der Waals surface area contributed by atoms with Gasteiger partial charge in [0.05, 0.1) is 57.3 Å². The number of aliphatic imine (C=N–C) groups is 1. The van der Waals surface area contributed by atoms with Crippen molar-refractivity contribution in [3.05, 3.63) is 98.0 Å². The van der Waals surface area contributed by atoms with Gasteiger partial charge < -0.3 is 34.3 Å². The monoisotopic (exact) mass is 728 g/mol. The van der Waals surface area contributed by atoms with E-state index in [1.807, 2.05) is 20.2 Å². The molecule has 16 heteroatoms. The summed E-state index contributed by atoms with van der Waals surface area (Å²) in [7, 11) is 6.93. The first-order valence-electron chi connectivity index (χ1n) is 16.7. The number of piperidine rings is 1. The van der Waals surface area contributed by atoms with Crippen LogP contribution in [0.25, 0.3) is 22.2 Å². The molecule has 1 fully saturated rings. The summed E-state index contributed by atoms with van der Waals surface area (Å²) in [4.78, 5) is 57.8. The summed E-state index contributed by atoms with van der Waals surface area (Å²) in [6, 6.07) is 8.41. The quantitative estimate of drug-likeness (QED) is 0.0905. The highest BCUT2D eigenvalue weighted by atomic mass is 35.5. The second-order valence-corrected chi connectivity index (χ2v) is 13.6. The molecule has 0 unspecified atom stereocenters. The predicted molar refractivity (Wildman–Crippen MR) is 198 cm³/mol. The van der Waals surface area contributed by atoms with E-state index in [4.69, 9.17) is 26.1 Å². The van der Waals surface area contributed by atoms with Crippen LogP contribution in [0.15, 0.2) is 82.3 Å². The Bertz CT molecular complexity index is 2160. The molecule has 0 atom stereocenters. The molecular weight excluding hydrogens is 690 g/mol. The van der Waals surface area contributed by atoms with E-state index in [0.29, 0.717) is 101 Å². The topological polar surface area (TPSA) is 167 Å². The molecule has 1 aromatic carbocycles. The molecule has 5 heterocycles. The highest BCUT2D eigenvalue weighted by Gasteiger charge is 2.30. The summed E-state index contributed by atoms with van der Waals surface area (Å²) >= 11 is 6.77. The van der Waals surface area contributed by atoms with E-state index >= 15 is 0 Å². The third-order valence-corrected chi connectivity index (χ3v) is 9.50. The third kappa shape index (κ3) is 7.80. The maximum Gasteiger partial charge on any atom is 0.368 e. The number of likely N-dealkylation sites (tertiary alicyclic amines) is 1. The first-order valence-corrected chi connectivity index (χ1v) is 17.0. The lowest BCUT2D eigenvalue weighted by molar-refractivity contribution is -0.880. The number of amides is 1. The number of halogens is 1. The molecule has 0 saturated carbocycles. The average molecular weight is 729 g/mol. The number of hydrogen-bond acceptors (Lipinski definition) is 11. The smallest absolute Gasteiger partial charge is 0.368 e. The van der Waals surface area contributed by atoms with Gasteiger partial charge in [0.1, 0.15) is 29.9 Å². The number of aromatic nitrogens is 4. The van der Waals surface area contributed by atoms with Gasteiger partial charge in [-0.2, -0.15) is 4.98 Å². The SMILES string of the molecule is COc1cc(OC)c(Cl)c(-c2cc3cnc(Nc4cccnc4)nc3n(C3CCN(C(=O)/C=C/C[N+](C)(C)CC4=C([N+](=O)[O-])N=CC4)CC3)c2=O)c1. The van der Waals surface area contributed by atoms with Crippen molar-refractivity contribution in [2.24, 2.45) is 4.99 Å². The maximum atomic E-state index is 14.5. The lowest BCUT2D eigenvalue weighted by atomic mass is 10.0. The van der Waals surface area contributed by atoms with Crippen LogP contribution < -0.4 is 20.3 Å². The summed E-state index contributed by atoms with van der Waals surface area (Å²) in [5, 5.41) is 15.4. The number of carbonyl (C=O) groups excluding carboxylic acids is 1. The minimum absolute atomic E-state index is 0.0923. The normalized spacial score (nSPS) is 15.1. The van der Waals surface area contributed by atoms with Gasteiger partial charge in [0, 0.05) is 66.6 Å². The summed E-state index contributed by atoms with van der Waals surface area (Å²) in [5.41, 5.74) is 2.27. The van der Waals surface area contributed by atoms with Crippen molar-refractivity contribution in [2.75, 3.05) is 59.8 Å². The number of methoxy groups -OCH3 is 2. The minimum atomic E-state index is -0.453. The summed E-state index contributed by atoms with van der Waals surface area (Å²) < 4.78 is 13.1. The number of ether oxygens (including phenoxy) is 2. The highest BCUT2D eigenvalue weighted by Crippen LogP contribution is 2.39. The fourth-order valence-corrected chi connectivity index (χ4v) is 6.81. The molecular formula is C36H39ClN9O6+. The molecule has 2 aliphatic rings. The molecule has 15 nitrogen and oxygen atoms in total. The zero-order valence-corrected chi connectivity index (χ0v) is 30.0. The number of fused-ring (bicyclic) bond motifs is 1. The molecule has 3 aromatic heterocycles. The van der Waals surface area contributed by atoms with Crippen LogP contribution >= 0.6 is 11.6 Å². The Morgan fingerprint density at radius 2 is 1.94 bits per heavy atom. The molecule has 0 radical (unpaired) electrons. The van der Waals surface area contributed by atoms with Crippen LogP contribution in [0.5, 0.6) is 11.5 Å². The Morgan fingerprint density at radius 3 is 2.63 bits per heavy atom. The maximum absolute atomic E-state index is 14.5. The van der Waals surface area contributed by atoms with Crippen LogP contribution in [0.2, 0.25) is 5.02 Å². The molecule has 270 valence electrons. The van der Waals surface area contributed by atoms with E-state index in [1.165, 1.54) is 14.2 Å². The third-order valence-electron chi connectivity index (χ3n) is 9.11. The van der Waals surface area contributed by atoms with E-state index in [9.17, 15) is 19.7 Å². The summed E-state index contributed by atoms with van der Waals surface area (Å²) in [6.45, 7) is 1.77. The van der Waals surface area contributed by atoms with Crippen molar-refractivity contribution in [2.45, 2.75) is 25.3 Å². The largest absolute Gasteiger partial charge is 0.497 e. The molecule has 6 rings (SSSR count). The van der Waals surface area contributed by atoms with Crippen molar-refractivity contribution in [3.8, 4) is 22.6 Å². The van der Waals surface area contributed by atoms with Crippen molar-refractivity contribution < 1.29 is 23.7 Å². The van der Waals surface area contributed by atoms with Gasteiger partial charge in [-0.15, -0.1) is 0 Å². The number of likely N-dealkylation sites (N-methyl/N-ethyl adjacent to an activating group) is 1. The van der Waals surface area contributed by atoms with Gasteiger partial charge in [-0.1, -0.05) is 16.6 Å². The van der Waals surface area contributed by atoms with Crippen molar-refractivity contribution in [3.63, 3.8) is 0 Å². The molecule has 4 aromatic rings. The number of benzene rings is 1. The van der Waals surface area contributed by atoms with E-state index in [1.54, 1.807) is 70.7 Å². The fourth-order valence-electron chi connectivity index (χ4n) is 6.52. The number of anilines is 2. The molecule has 1 N–H and O–H groups in total. The number of carbonyl (C=O) groups is 1. The molecule has 0 bridgehead atoms. The molecule has 1 amide bonds. The Hall–Kier alpha value is -5.67. The molecule has 0 spiro atoms. The van der Waals surface area contributed by atoms with Gasteiger partial charge in [0.25, 0.3) is 5.56 Å². The lowest BCUT2D eigenvalue weighted by Crippen LogP contribution is -2.42. The number of nitro groups is 1. The predicted octanol–water partition coefficient (Wildman–Crippen LogP) is 5.03. The summed E-state index contributed by atoms with van der Waals surface area (Å²) in [6.07, 6.45) is 11.3. The number of nitrogens with zero attached hydrogens (tertiary/aromatic N) is 8. The van der Waals surface area contributed by atoms with Crippen LogP contribution in [0.3, 0.4) is 0 Å². The number of nitrogens with one attached hydrogen (secondary N) is 1. The zero-order valence-electron chi connectivity index (χ0n) is 29.3. The second-order valence-electron chi connectivity index (χ2n) is 13.2. The van der Waals surface area contributed by atoms with Crippen LogP contribution in [-0.4, -0.2) is 100 Å². The van der Waals surface area contributed by atoms with Crippen molar-refractivity contribution in [1.82, 2.24) is 24.4 Å². The van der Waals surface area contributed by atoms with Crippen LogP contribution in [0, 0.1) is 10.1 Å². The second kappa shape index (κ2) is 15.3. The number of hydrogen-bond donors (Lipinski definition) is 1. The fraction of sp³-hybridized carbons (Fsp3) is 0.333. The van der Waals surface area contributed by atoms with Gasteiger partial charge >= 0.3 is 5.82 Å². The van der Waals surface area contributed by atoms with E-state index in [2.05, 4.69) is 20.3 Å². The summed E-state index contributed by atoms with van der Waals surface area (Å²) in [5.74, 6) is 0.905. The minimum Gasteiger partial charge on any atom is -0.497 e. The van der Waals surface area contributed by atoms with Crippen LogP contribution in [-0.2, 0) is 4.79 Å². The van der Waals surface area contributed by atoms with E-state index < -0.39 is 4.92 Å². The average Bonchev–Trinajstić information content (AvgIpc) is 3.60. The molecule has 52 heavy (non-hydrogen) atoms. The number of quaternary nitrogens is 1. The lowest BCUT2D eigenvalue weighted by Gasteiger charge is -2.33. The Labute approximate surface area is 304 Å². The Morgan fingerprint density at radius 1 is 1.15 bits per heavy atom. The van der Waals surface area contributed by atoms with Gasteiger partial charge in [-0.3, -0.25) is 19.1 Å². The van der Waals surface area contributed by atoms with Crippen LogP contribution in [0.4, 0.5) is 11.6 Å². The Balaban J connectivity index is 1.26. The Kier molecular flexibility index (Phi) is 10.6. The molecule has 0 aliphatic carbocycles. The van der Waals surface area contributed by atoms with Crippen molar-refractivity contribution in [1.29, 1.82) is 0 Å². The highest BCUT2D eigenvalue weighted by molar-refractivity contribution is 6.35. The van der Waals surface area contributed by atoms with Gasteiger partial charge in [0.15, 0.2) is 0 Å². The first kappa shape index (κ1) is 36.1. The van der Waals surface area contributed by atoms with Gasteiger partial charge in [-0.25, -0.2) is 4.98 Å². The van der Waals surface area contributed by atoms with E-state index in [-0.39, 0.29) is 28.4 Å². The van der Waals surface area contributed by atoms with Crippen LogP contribution in [0.1, 0.15) is 25.3 Å². The molecule has 1 saturated heterocycles. The van der Waals surface area contributed by atoms with Gasteiger partial charge in [0.2, 0.25) is 11.9 Å². The van der Waals surface area contributed by atoms with E-state index in [0.717, 1.165) is 0 Å². The van der Waals surface area contributed by atoms with Gasteiger partial charge in [-0.05, 0) is 48.1 Å².